The van der Waals surface area contributed by atoms with E-state index in [-0.39, 0.29) is 42.0 Å². The third-order valence-corrected chi connectivity index (χ3v) is 8.43. The fraction of sp³-hybridized carbons (Fsp3) is 0.414. The Balaban J connectivity index is 1.67. The second-order valence-electron chi connectivity index (χ2n) is 11.4. The van der Waals surface area contributed by atoms with Crippen LogP contribution in [0.5, 0.6) is 5.75 Å². The molecule has 7 N–H and O–H groups in total. The summed E-state index contributed by atoms with van der Waals surface area (Å²) in [6.45, 7) is 2.05. The van der Waals surface area contributed by atoms with Gasteiger partial charge in [0.25, 0.3) is 5.91 Å². The summed E-state index contributed by atoms with van der Waals surface area (Å²) >= 11 is 0. The minimum absolute atomic E-state index is 0.0191. The molecule has 0 aliphatic heterocycles. The van der Waals surface area contributed by atoms with E-state index >= 15 is 0 Å². The van der Waals surface area contributed by atoms with Gasteiger partial charge in [0.1, 0.15) is 34.4 Å². The molecule has 12 heteroatoms. The highest BCUT2D eigenvalue weighted by atomic mass is 16.4. The summed E-state index contributed by atoms with van der Waals surface area (Å²) in [5.41, 5.74) is 3.21. The number of rotatable bonds is 6. The summed E-state index contributed by atoms with van der Waals surface area (Å²) < 4.78 is 5.60. The number of aliphatic hydroxyl groups excluding tert-OH is 2. The summed E-state index contributed by atoms with van der Waals surface area (Å²) in [5.74, 6) is -5.50. The summed E-state index contributed by atoms with van der Waals surface area (Å²) in [7, 11) is 6.75. The number of fused-ring (bicyclic) bond motifs is 3. The number of likely N-dealkylation sites (N-methyl/N-ethyl adjacent to an activating group) is 1. The molecule has 12 nitrogen and oxygen atoms in total. The Morgan fingerprint density at radius 2 is 1.85 bits per heavy atom. The number of aryl methyl sites for hydroxylation is 1. The van der Waals surface area contributed by atoms with Crippen LogP contribution >= 0.6 is 0 Å². The van der Waals surface area contributed by atoms with Crippen molar-refractivity contribution in [2.45, 2.75) is 38.0 Å². The summed E-state index contributed by atoms with van der Waals surface area (Å²) in [4.78, 5) is 42.7. The number of aliphatic hydroxyl groups is 3. The first-order valence-electron chi connectivity index (χ1n) is 13.2. The molecule has 0 radical (unpaired) electrons. The molecule has 1 fully saturated rings. The van der Waals surface area contributed by atoms with Gasteiger partial charge < -0.3 is 40.8 Å². The average Bonchev–Trinajstić information content (AvgIpc) is 3.30. The first-order chi connectivity index (χ1) is 19.2. The van der Waals surface area contributed by atoms with Crippen molar-refractivity contribution in [2.75, 3.05) is 38.4 Å². The van der Waals surface area contributed by atoms with E-state index in [1.807, 2.05) is 32.0 Å². The Kier molecular flexibility index (Phi) is 6.66. The van der Waals surface area contributed by atoms with Gasteiger partial charge >= 0.3 is 0 Å². The van der Waals surface area contributed by atoms with Crippen LogP contribution in [-0.4, -0.2) is 82.6 Å². The molecule has 1 aromatic carbocycles. The molecule has 0 spiro atoms. The molecule has 3 aliphatic rings. The van der Waals surface area contributed by atoms with Crippen LogP contribution in [0.3, 0.4) is 0 Å². The molecule has 4 atom stereocenters. The lowest BCUT2D eigenvalue weighted by atomic mass is 9.57. The molecule has 0 saturated heterocycles. The highest BCUT2D eigenvalue weighted by Gasteiger charge is 2.64. The van der Waals surface area contributed by atoms with Crippen LogP contribution in [0.25, 0.3) is 5.76 Å². The maximum Gasteiger partial charge on any atom is 0.255 e. The van der Waals surface area contributed by atoms with E-state index in [0.717, 1.165) is 5.76 Å². The molecule has 4 unspecified atom stereocenters. The van der Waals surface area contributed by atoms with Gasteiger partial charge in [0, 0.05) is 31.3 Å². The van der Waals surface area contributed by atoms with Crippen molar-refractivity contribution in [2.24, 2.45) is 17.6 Å². The van der Waals surface area contributed by atoms with Crippen LogP contribution in [0.4, 0.5) is 11.4 Å². The second kappa shape index (κ2) is 9.67. The van der Waals surface area contributed by atoms with Gasteiger partial charge in [0.2, 0.25) is 5.78 Å². The highest BCUT2D eigenvalue weighted by molar-refractivity contribution is 6.24. The second-order valence-corrected chi connectivity index (χ2v) is 11.4. The van der Waals surface area contributed by atoms with Gasteiger partial charge in [-0.25, -0.2) is 0 Å². The number of nitrogens with zero attached hydrogens (tertiary/aromatic N) is 2. The van der Waals surface area contributed by atoms with Crippen molar-refractivity contribution in [3.63, 3.8) is 0 Å². The van der Waals surface area contributed by atoms with Crippen molar-refractivity contribution >= 4 is 34.6 Å². The number of anilines is 2. The molecule has 2 aromatic rings. The molecule has 1 aromatic heterocycles. The van der Waals surface area contributed by atoms with Crippen LogP contribution in [0.1, 0.15) is 29.1 Å². The summed E-state index contributed by atoms with van der Waals surface area (Å²) in [6.07, 6.45) is 0.227. The monoisotopic (exact) mass is 566 g/mol. The molecular formula is C29H34N4O8. The number of aromatic hydroxyl groups is 1. The summed E-state index contributed by atoms with van der Waals surface area (Å²) in [5, 5.41) is 48.8. The molecule has 41 heavy (non-hydrogen) atoms. The van der Waals surface area contributed by atoms with E-state index in [4.69, 9.17) is 10.2 Å². The van der Waals surface area contributed by atoms with Gasteiger partial charge in [-0.1, -0.05) is 0 Å². The van der Waals surface area contributed by atoms with E-state index in [2.05, 4.69) is 5.32 Å². The number of amides is 1. The summed E-state index contributed by atoms with van der Waals surface area (Å²) in [6, 6.07) is 4.21. The lowest BCUT2D eigenvalue weighted by Crippen LogP contribution is -2.65. The Hall–Kier alpha value is -4.29. The zero-order valence-corrected chi connectivity index (χ0v) is 23.5. The Morgan fingerprint density at radius 1 is 1.17 bits per heavy atom. The topological polar surface area (TPSA) is 190 Å². The minimum atomic E-state index is -2.68. The quantitative estimate of drug-likeness (QED) is 0.220. The molecule has 1 amide bonds. The Labute approximate surface area is 236 Å². The van der Waals surface area contributed by atoms with Gasteiger partial charge in [0.05, 0.1) is 23.8 Å². The number of carbonyl (C=O) groups excluding carboxylic acids is 3. The standard InChI is InChI=1S/C29H34N4O8/c1-12-6-7-14(41-12)11-31-17-10-18(32(2)3)15-8-13-9-16-22(33(4)5)25(36)21(28(30)39)27(38)29(16,40)26(37)19(13)24(35)20(15)23(17)34/h6-7,10,13,16,22,31,34-35,38,40H,8-9,11H2,1-5H3,(H2,30,39). The molecule has 1 saturated carbocycles. The number of nitrogens with two attached hydrogens (primary N) is 1. The number of phenolic OH excluding ortho intramolecular Hbond substituents is 1. The van der Waals surface area contributed by atoms with Crippen LogP contribution in [-0.2, 0) is 27.3 Å². The number of primary amides is 1. The van der Waals surface area contributed by atoms with Gasteiger partial charge in [-0.15, -0.1) is 0 Å². The predicted molar refractivity (Wildman–Crippen MR) is 149 cm³/mol. The Bertz CT molecular complexity index is 1550. The van der Waals surface area contributed by atoms with Crippen LogP contribution < -0.4 is 16.0 Å². The molecular weight excluding hydrogens is 532 g/mol. The van der Waals surface area contributed by atoms with Crippen molar-refractivity contribution in [3.8, 4) is 5.75 Å². The van der Waals surface area contributed by atoms with Crippen LogP contribution in [0.15, 0.2) is 39.5 Å². The van der Waals surface area contributed by atoms with E-state index in [1.165, 1.54) is 4.90 Å². The lowest BCUT2D eigenvalue weighted by molar-refractivity contribution is -0.153. The third-order valence-electron chi connectivity index (χ3n) is 8.43. The number of hydrogen-bond donors (Lipinski definition) is 6. The zero-order chi connectivity index (χ0) is 30.1. The first-order valence-corrected chi connectivity index (χ1v) is 13.2. The van der Waals surface area contributed by atoms with E-state index < -0.39 is 58.0 Å². The first kappa shape index (κ1) is 28.2. The van der Waals surface area contributed by atoms with Gasteiger partial charge in [-0.3, -0.25) is 19.3 Å². The van der Waals surface area contributed by atoms with Crippen LogP contribution in [0.2, 0.25) is 0 Å². The fourth-order valence-corrected chi connectivity index (χ4v) is 6.59. The largest absolute Gasteiger partial charge is 0.508 e. The Morgan fingerprint density at radius 3 is 2.41 bits per heavy atom. The van der Waals surface area contributed by atoms with Crippen molar-refractivity contribution in [1.29, 1.82) is 0 Å². The van der Waals surface area contributed by atoms with Crippen LogP contribution in [0, 0.1) is 18.8 Å². The van der Waals surface area contributed by atoms with Crippen molar-refractivity contribution in [1.82, 2.24) is 4.90 Å². The lowest BCUT2D eigenvalue weighted by Gasteiger charge is -2.50. The van der Waals surface area contributed by atoms with Gasteiger partial charge in [-0.05, 0) is 63.5 Å². The molecule has 218 valence electrons. The van der Waals surface area contributed by atoms with Crippen molar-refractivity contribution in [3.05, 3.63) is 57.8 Å². The van der Waals surface area contributed by atoms with Gasteiger partial charge in [0.15, 0.2) is 11.4 Å². The maximum atomic E-state index is 14.1. The van der Waals surface area contributed by atoms with E-state index in [0.29, 0.717) is 17.0 Å². The predicted octanol–water partition coefficient (Wildman–Crippen LogP) is 1.54. The zero-order valence-electron chi connectivity index (χ0n) is 23.5. The average molecular weight is 567 g/mol. The SMILES string of the molecule is Cc1ccc(CNc2cc(N(C)C)c3c(c2O)C(O)=C2C(=O)C4(O)C(O)=C(C(N)=O)C(=O)C(N(C)C)C4CC2C3)o1. The molecule has 0 bridgehead atoms. The highest BCUT2D eigenvalue weighted by Crippen LogP contribution is 2.54. The minimum Gasteiger partial charge on any atom is -0.508 e. The number of phenols is 1. The van der Waals surface area contributed by atoms with Gasteiger partial charge in [-0.2, -0.15) is 0 Å². The molecule has 1 heterocycles. The van der Waals surface area contributed by atoms with E-state index in [1.54, 1.807) is 26.2 Å². The fourth-order valence-electron chi connectivity index (χ4n) is 6.59. The number of ketones is 2. The van der Waals surface area contributed by atoms with E-state index in [9.17, 15) is 34.8 Å². The van der Waals surface area contributed by atoms with Crippen molar-refractivity contribution < 1.29 is 39.2 Å². The number of furan rings is 1. The maximum absolute atomic E-state index is 14.1. The molecule has 5 rings (SSSR count). The number of Topliss-reactive ketones (excluding diaryl/α,β-unsaturated/α-hetero) is 2. The number of hydrogen-bond acceptors (Lipinski definition) is 11. The smallest absolute Gasteiger partial charge is 0.255 e. The number of carbonyl (C=O) groups is 3. The third kappa shape index (κ3) is 4.08. The number of nitrogens with one attached hydrogen (secondary N) is 1. The molecule has 3 aliphatic carbocycles. The number of benzene rings is 1. The normalized spacial score (nSPS) is 25.7.